The van der Waals surface area contributed by atoms with Crippen LogP contribution in [-0.2, 0) is 6.54 Å². The van der Waals surface area contributed by atoms with Crippen LogP contribution >= 0.6 is 0 Å². The minimum atomic E-state index is -0.571. The van der Waals surface area contributed by atoms with Gasteiger partial charge in [0.15, 0.2) is 0 Å². The van der Waals surface area contributed by atoms with Gasteiger partial charge in [0.2, 0.25) is 0 Å². The number of nitrogen functional groups attached to an aromatic ring is 1. The first-order valence-electron chi connectivity index (χ1n) is 5.27. The number of hydrogen-bond acceptors (Lipinski definition) is 4. The van der Waals surface area contributed by atoms with Gasteiger partial charge in [0.25, 0.3) is 0 Å². The molecule has 0 bridgehead atoms. The SMILES string of the molecule is N=C(N)c1ccc(Cn2cc([N+](=O)[O-])cn2)c(F)c1. The van der Waals surface area contributed by atoms with Crippen molar-refractivity contribution in [2.45, 2.75) is 6.54 Å². The normalized spacial score (nSPS) is 10.4. The molecule has 1 heterocycles. The number of halogens is 1. The van der Waals surface area contributed by atoms with E-state index in [2.05, 4.69) is 5.10 Å². The van der Waals surface area contributed by atoms with Crippen molar-refractivity contribution in [2.75, 3.05) is 0 Å². The number of amidine groups is 1. The Morgan fingerprint density at radius 3 is 2.84 bits per heavy atom. The van der Waals surface area contributed by atoms with Gasteiger partial charge in [0, 0.05) is 11.1 Å². The molecular formula is C11H10FN5O2. The van der Waals surface area contributed by atoms with E-state index in [4.69, 9.17) is 11.1 Å². The molecule has 2 rings (SSSR count). The molecule has 8 heteroatoms. The van der Waals surface area contributed by atoms with Crippen LogP contribution in [0.3, 0.4) is 0 Å². The van der Waals surface area contributed by atoms with E-state index < -0.39 is 10.7 Å². The van der Waals surface area contributed by atoms with Crippen molar-refractivity contribution < 1.29 is 9.31 Å². The van der Waals surface area contributed by atoms with Gasteiger partial charge >= 0.3 is 5.69 Å². The smallest absolute Gasteiger partial charge is 0.307 e. The number of nitrogens with one attached hydrogen (secondary N) is 1. The molecule has 7 nitrogen and oxygen atoms in total. The largest absolute Gasteiger partial charge is 0.384 e. The van der Waals surface area contributed by atoms with Crippen molar-refractivity contribution in [3.63, 3.8) is 0 Å². The molecule has 0 unspecified atom stereocenters. The van der Waals surface area contributed by atoms with Crippen LogP contribution in [0, 0.1) is 21.3 Å². The Hall–Kier alpha value is -2.77. The van der Waals surface area contributed by atoms with E-state index in [0.717, 1.165) is 12.3 Å². The third-order valence-corrected chi connectivity index (χ3v) is 2.53. The fourth-order valence-electron chi connectivity index (χ4n) is 1.55. The summed E-state index contributed by atoms with van der Waals surface area (Å²) >= 11 is 0. The molecule has 0 amide bonds. The van der Waals surface area contributed by atoms with Crippen LogP contribution in [0.4, 0.5) is 10.1 Å². The van der Waals surface area contributed by atoms with Gasteiger partial charge in [0.1, 0.15) is 24.0 Å². The van der Waals surface area contributed by atoms with Crippen molar-refractivity contribution in [1.29, 1.82) is 5.41 Å². The Morgan fingerprint density at radius 1 is 1.58 bits per heavy atom. The van der Waals surface area contributed by atoms with Crippen molar-refractivity contribution in [3.05, 3.63) is 57.7 Å². The van der Waals surface area contributed by atoms with E-state index in [1.807, 2.05) is 0 Å². The summed E-state index contributed by atoms with van der Waals surface area (Å²) < 4.78 is 15.0. The Morgan fingerprint density at radius 2 is 2.32 bits per heavy atom. The first-order chi connectivity index (χ1) is 8.97. The molecule has 1 aromatic heterocycles. The Bertz CT molecular complexity index is 652. The average Bonchev–Trinajstić information content (AvgIpc) is 2.80. The van der Waals surface area contributed by atoms with Gasteiger partial charge < -0.3 is 5.73 Å². The maximum absolute atomic E-state index is 13.7. The minimum Gasteiger partial charge on any atom is -0.384 e. The molecule has 0 fully saturated rings. The molecule has 0 spiro atoms. The Labute approximate surface area is 107 Å². The molecule has 0 saturated heterocycles. The third-order valence-electron chi connectivity index (χ3n) is 2.53. The fraction of sp³-hybridized carbons (Fsp3) is 0.0909. The predicted octanol–water partition coefficient (Wildman–Crippen LogP) is 1.26. The topological polar surface area (TPSA) is 111 Å². The molecule has 2 aromatic rings. The maximum atomic E-state index is 13.7. The van der Waals surface area contributed by atoms with Gasteiger partial charge in [-0.3, -0.25) is 20.2 Å². The zero-order chi connectivity index (χ0) is 14.0. The van der Waals surface area contributed by atoms with Crippen LogP contribution in [0.25, 0.3) is 0 Å². The Balaban J connectivity index is 2.23. The van der Waals surface area contributed by atoms with Crippen LogP contribution in [0.5, 0.6) is 0 Å². The number of aromatic nitrogens is 2. The third kappa shape index (κ3) is 2.73. The van der Waals surface area contributed by atoms with Crippen LogP contribution in [0.15, 0.2) is 30.6 Å². The second kappa shape index (κ2) is 4.84. The van der Waals surface area contributed by atoms with Gasteiger partial charge in [0.05, 0.1) is 11.5 Å². The maximum Gasteiger partial charge on any atom is 0.307 e. The number of hydrogen-bond donors (Lipinski definition) is 2. The molecule has 0 aliphatic rings. The first kappa shape index (κ1) is 12.7. The van der Waals surface area contributed by atoms with E-state index >= 15 is 0 Å². The highest BCUT2D eigenvalue weighted by molar-refractivity contribution is 5.94. The molecule has 0 atom stereocenters. The second-order valence-electron chi connectivity index (χ2n) is 3.87. The summed E-state index contributed by atoms with van der Waals surface area (Å²) in [6, 6.07) is 4.13. The number of nitrogens with zero attached hydrogens (tertiary/aromatic N) is 3. The van der Waals surface area contributed by atoms with Gasteiger partial charge in [-0.25, -0.2) is 4.39 Å². The van der Waals surface area contributed by atoms with Crippen molar-refractivity contribution in [2.24, 2.45) is 5.73 Å². The lowest BCUT2D eigenvalue weighted by Crippen LogP contribution is -2.12. The van der Waals surface area contributed by atoms with E-state index in [9.17, 15) is 14.5 Å². The summed E-state index contributed by atoms with van der Waals surface area (Å²) in [5.41, 5.74) is 5.69. The molecule has 1 aromatic carbocycles. The fourth-order valence-corrected chi connectivity index (χ4v) is 1.55. The van der Waals surface area contributed by atoms with Crippen LogP contribution in [-0.4, -0.2) is 20.5 Å². The number of nitro groups is 1. The minimum absolute atomic E-state index is 0.0673. The van der Waals surface area contributed by atoms with Crippen molar-refractivity contribution >= 4 is 11.5 Å². The number of nitrogens with two attached hydrogens (primary N) is 1. The summed E-state index contributed by atoms with van der Waals surface area (Å²) in [5, 5.41) is 21.5. The summed E-state index contributed by atoms with van der Waals surface area (Å²) in [4.78, 5) is 9.92. The van der Waals surface area contributed by atoms with E-state index in [1.54, 1.807) is 0 Å². The van der Waals surface area contributed by atoms with Crippen molar-refractivity contribution in [3.8, 4) is 0 Å². The van der Waals surface area contributed by atoms with Crippen LogP contribution in [0.2, 0.25) is 0 Å². The van der Waals surface area contributed by atoms with E-state index in [-0.39, 0.29) is 23.6 Å². The van der Waals surface area contributed by atoms with Crippen LogP contribution in [0.1, 0.15) is 11.1 Å². The molecule has 98 valence electrons. The zero-order valence-corrected chi connectivity index (χ0v) is 9.71. The molecule has 0 aliphatic heterocycles. The van der Waals surface area contributed by atoms with E-state index in [0.29, 0.717) is 5.56 Å². The highest BCUT2D eigenvalue weighted by Gasteiger charge is 2.11. The molecule has 0 saturated carbocycles. The lowest BCUT2D eigenvalue weighted by Gasteiger charge is -2.05. The van der Waals surface area contributed by atoms with E-state index in [1.165, 1.54) is 23.0 Å². The monoisotopic (exact) mass is 263 g/mol. The zero-order valence-electron chi connectivity index (χ0n) is 9.71. The van der Waals surface area contributed by atoms with Crippen LogP contribution < -0.4 is 5.73 Å². The quantitative estimate of drug-likeness (QED) is 0.374. The average molecular weight is 263 g/mol. The first-order valence-corrected chi connectivity index (χ1v) is 5.27. The van der Waals surface area contributed by atoms with Gasteiger partial charge in [-0.1, -0.05) is 12.1 Å². The lowest BCUT2D eigenvalue weighted by atomic mass is 10.1. The summed E-state index contributed by atoms with van der Waals surface area (Å²) in [6.07, 6.45) is 2.32. The second-order valence-corrected chi connectivity index (χ2v) is 3.87. The molecule has 3 N–H and O–H groups in total. The van der Waals surface area contributed by atoms with Gasteiger partial charge in [-0.2, -0.15) is 5.10 Å². The van der Waals surface area contributed by atoms with Gasteiger partial charge in [-0.05, 0) is 6.07 Å². The molecular weight excluding hydrogens is 253 g/mol. The van der Waals surface area contributed by atoms with Crippen molar-refractivity contribution in [1.82, 2.24) is 9.78 Å². The lowest BCUT2D eigenvalue weighted by molar-refractivity contribution is -0.385. The number of rotatable bonds is 4. The molecule has 0 radical (unpaired) electrons. The standard InChI is InChI=1S/C11H10FN5O2/c12-10-3-7(11(13)14)1-2-8(10)5-16-6-9(4-15-16)17(18)19/h1-4,6H,5H2,(H3,13,14). The summed E-state index contributed by atoms with van der Waals surface area (Å²) in [5.74, 6) is -0.758. The predicted molar refractivity (Wildman–Crippen MR) is 65.4 cm³/mol. The summed E-state index contributed by atoms with van der Waals surface area (Å²) in [7, 11) is 0. The molecule has 0 aliphatic carbocycles. The molecule has 19 heavy (non-hydrogen) atoms. The number of benzene rings is 1. The summed E-state index contributed by atoms with van der Waals surface area (Å²) in [6.45, 7) is 0.0673. The highest BCUT2D eigenvalue weighted by Crippen LogP contribution is 2.14. The highest BCUT2D eigenvalue weighted by atomic mass is 19.1. The van der Waals surface area contributed by atoms with Gasteiger partial charge in [-0.15, -0.1) is 0 Å². The Kier molecular flexibility index (Phi) is 3.23.